The number of nitrogens with zero attached hydrogens (tertiary/aromatic N) is 2. The zero-order valence-corrected chi connectivity index (χ0v) is 16.2. The minimum Gasteiger partial charge on any atom is -0.492 e. The molecular weight excluding hydrogens is 362 g/mol. The zero-order valence-electron chi connectivity index (χ0n) is 15.5. The lowest BCUT2D eigenvalue weighted by molar-refractivity contribution is -0.116. The first-order valence-corrected chi connectivity index (χ1v) is 9.11. The molecule has 0 saturated heterocycles. The molecule has 5 nitrogen and oxygen atoms in total. The number of aryl methyl sites for hydroxylation is 2. The molecule has 0 radical (unpaired) electrons. The molecule has 0 fully saturated rings. The standard InChI is InChI=1S/C21H22ClN3O2/c1-4-20(26)23-13-19-24-17-7-5-6-8-18(17)25(19)9-10-27-16-11-14(2)21(22)15(3)12-16/h4-8,11-12H,1,9-10,13H2,2-3H3,(H,23,26). The van der Waals surface area contributed by atoms with Gasteiger partial charge >= 0.3 is 0 Å². The number of nitrogens with one attached hydrogen (secondary N) is 1. The van der Waals surface area contributed by atoms with Gasteiger partial charge in [-0.3, -0.25) is 4.79 Å². The Morgan fingerprint density at radius 3 is 2.70 bits per heavy atom. The average Bonchev–Trinajstić information content (AvgIpc) is 3.02. The number of hydrogen-bond acceptors (Lipinski definition) is 3. The monoisotopic (exact) mass is 383 g/mol. The highest BCUT2D eigenvalue weighted by Crippen LogP contribution is 2.26. The number of para-hydroxylation sites is 2. The van der Waals surface area contributed by atoms with E-state index >= 15 is 0 Å². The molecule has 0 bridgehead atoms. The van der Waals surface area contributed by atoms with Crippen molar-refractivity contribution in [1.82, 2.24) is 14.9 Å². The molecule has 6 heteroatoms. The Morgan fingerprint density at radius 2 is 2.00 bits per heavy atom. The number of amides is 1. The molecule has 3 rings (SSSR count). The van der Waals surface area contributed by atoms with Crippen molar-refractivity contribution in [3.8, 4) is 5.75 Å². The molecule has 1 aromatic heterocycles. The Kier molecular flexibility index (Phi) is 5.81. The van der Waals surface area contributed by atoms with Crippen LogP contribution in [0.3, 0.4) is 0 Å². The van der Waals surface area contributed by atoms with Crippen molar-refractivity contribution in [2.45, 2.75) is 26.9 Å². The summed E-state index contributed by atoms with van der Waals surface area (Å²) >= 11 is 6.21. The van der Waals surface area contributed by atoms with Crippen molar-refractivity contribution in [2.24, 2.45) is 0 Å². The first kappa shape index (κ1) is 19.0. The fraction of sp³-hybridized carbons (Fsp3) is 0.238. The molecule has 1 N–H and O–H groups in total. The van der Waals surface area contributed by atoms with Crippen LogP contribution in [0.15, 0.2) is 49.1 Å². The van der Waals surface area contributed by atoms with E-state index in [1.807, 2.05) is 50.2 Å². The van der Waals surface area contributed by atoms with Crippen LogP contribution in [0.2, 0.25) is 5.02 Å². The predicted octanol–water partition coefficient (Wildman–Crippen LogP) is 4.19. The second kappa shape index (κ2) is 8.27. The van der Waals surface area contributed by atoms with Gasteiger partial charge in [0.1, 0.15) is 18.2 Å². The molecule has 2 aromatic carbocycles. The van der Waals surface area contributed by atoms with Crippen LogP contribution < -0.4 is 10.1 Å². The average molecular weight is 384 g/mol. The summed E-state index contributed by atoms with van der Waals surface area (Å²) in [4.78, 5) is 16.1. The number of rotatable bonds is 7. The van der Waals surface area contributed by atoms with Crippen molar-refractivity contribution in [3.05, 3.63) is 71.0 Å². The van der Waals surface area contributed by atoms with Crippen molar-refractivity contribution < 1.29 is 9.53 Å². The van der Waals surface area contributed by atoms with E-state index in [1.165, 1.54) is 6.08 Å². The Morgan fingerprint density at radius 1 is 1.30 bits per heavy atom. The van der Waals surface area contributed by atoms with Crippen LogP contribution >= 0.6 is 11.6 Å². The molecule has 0 aliphatic heterocycles. The number of halogens is 1. The Hall–Kier alpha value is -2.79. The van der Waals surface area contributed by atoms with Gasteiger partial charge in [0.25, 0.3) is 0 Å². The van der Waals surface area contributed by atoms with Crippen molar-refractivity contribution in [1.29, 1.82) is 0 Å². The molecule has 0 spiro atoms. The second-order valence-electron chi connectivity index (χ2n) is 6.31. The van der Waals surface area contributed by atoms with Crippen LogP contribution in [0.5, 0.6) is 5.75 Å². The van der Waals surface area contributed by atoms with Gasteiger partial charge in [0, 0.05) is 5.02 Å². The minimum absolute atomic E-state index is 0.225. The molecule has 0 unspecified atom stereocenters. The zero-order chi connectivity index (χ0) is 19.4. The first-order chi connectivity index (χ1) is 13.0. The van der Waals surface area contributed by atoms with Crippen LogP contribution in [0.4, 0.5) is 0 Å². The molecule has 0 aliphatic carbocycles. The number of imidazole rings is 1. The highest BCUT2D eigenvalue weighted by Gasteiger charge is 2.11. The van der Waals surface area contributed by atoms with Crippen molar-refractivity contribution >= 4 is 28.5 Å². The van der Waals surface area contributed by atoms with Crippen LogP contribution in [0.25, 0.3) is 11.0 Å². The van der Waals surface area contributed by atoms with E-state index in [2.05, 4.69) is 21.4 Å². The number of aromatic nitrogens is 2. The molecule has 140 valence electrons. The van der Waals surface area contributed by atoms with Crippen molar-refractivity contribution in [3.63, 3.8) is 0 Å². The number of carbonyl (C=O) groups is 1. The molecule has 0 aliphatic rings. The van der Waals surface area contributed by atoms with E-state index in [4.69, 9.17) is 16.3 Å². The van der Waals surface area contributed by atoms with Gasteiger partial charge in [-0.25, -0.2) is 4.98 Å². The lowest BCUT2D eigenvalue weighted by Gasteiger charge is -2.13. The Balaban J connectivity index is 1.77. The van der Waals surface area contributed by atoms with E-state index in [1.54, 1.807) is 0 Å². The van der Waals surface area contributed by atoms with Crippen LogP contribution in [-0.2, 0) is 17.9 Å². The highest BCUT2D eigenvalue weighted by molar-refractivity contribution is 6.32. The topological polar surface area (TPSA) is 56.2 Å². The fourth-order valence-electron chi connectivity index (χ4n) is 2.99. The summed E-state index contributed by atoms with van der Waals surface area (Å²) in [7, 11) is 0. The maximum Gasteiger partial charge on any atom is 0.243 e. The minimum atomic E-state index is -0.225. The number of fused-ring (bicyclic) bond motifs is 1. The normalized spacial score (nSPS) is 10.8. The number of benzene rings is 2. The summed E-state index contributed by atoms with van der Waals surface area (Å²) in [5, 5.41) is 3.55. The maximum atomic E-state index is 11.5. The summed E-state index contributed by atoms with van der Waals surface area (Å²) in [5.41, 5.74) is 3.88. The van der Waals surface area contributed by atoms with E-state index in [0.29, 0.717) is 19.7 Å². The molecule has 27 heavy (non-hydrogen) atoms. The van der Waals surface area contributed by atoms with Crippen LogP contribution in [-0.4, -0.2) is 22.1 Å². The highest BCUT2D eigenvalue weighted by atomic mass is 35.5. The van der Waals surface area contributed by atoms with E-state index < -0.39 is 0 Å². The SMILES string of the molecule is C=CC(=O)NCc1nc2ccccc2n1CCOc1cc(C)c(Cl)c(C)c1. The van der Waals surface area contributed by atoms with Crippen molar-refractivity contribution in [2.75, 3.05) is 6.61 Å². The van der Waals surface area contributed by atoms with E-state index in [0.717, 1.165) is 38.8 Å². The van der Waals surface area contributed by atoms with E-state index in [9.17, 15) is 4.79 Å². The molecule has 0 atom stereocenters. The van der Waals surface area contributed by atoms with Gasteiger partial charge in [0.2, 0.25) is 5.91 Å². The maximum absolute atomic E-state index is 11.5. The lowest BCUT2D eigenvalue weighted by atomic mass is 10.1. The van der Waals surface area contributed by atoms with Gasteiger partial charge in [-0.05, 0) is 55.3 Å². The summed E-state index contributed by atoms with van der Waals surface area (Å²) in [5.74, 6) is 1.34. The largest absolute Gasteiger partial charge is 0.492 e. The summed E-state index contributed by atoms with van der Waals surface area (Å²) in [6, 6.07) is 11.8. The molecule has 0 saturated carbocycles. The third-order valence-corrected chi connectivity index (χ3v) is 4.93. The summed E-state index contributed by atoms with van der Waals surface area (Å²) < 4.78 is 8.00. The predicted molar refractivity (Wildman–Crippen MR) is 108 cm³/mol. The van der Waals surface area contributed by atoms with E-state index in [-0.39, 0.29) is 5.91 Å². The second-order valence-corrected chi connectivity index (χ2v) is 6.69. The van der Waals surface area contributed by atoms with Gasteiger partial charge in [0.15, 0.2) is 0 Å². The fourth-order valence-corrected chi connectivity index (χ4v) is 3.10. The lowest BCUT2D eigenvalue weighted by Crippen LogP contribution is -2.23. The summed E-state index contributed by atoms with van der Waals surface area (Å²) in [6.07, 6.45) is 1.25. The van der Waals surface area contributed by atoms with Crippen LogP contribution in [0, 0.1) is 13.8 Å². The van der Waals surface area contributed by atoms with Gasteiger partial charge in [-0.1, -0.05) is 30.3 Å². The Labute approximate surface area is 163 Å². The van der Waals surface area contributed by atoms with Gasteiger partial charge in [0.05, 0.1) is 24.1 Å². The molecule has 1 amide bonds. The number of ether oxygens (including phenoxy) is 1. The molecule has 1 heterocycles. The van der Waals surface area contributed by atoms with Crippen LogP contribution in [0.1, 0.15) is 17.0 Å². The smallest absolute Gasteiger partial charge is 0.243 e. The van der Waals surface area contributed by atoms with Gasteiger partial charge in [-0.15, -0.1) is 0 Å². The van der Waals surface area contributed by atoms with Gasteiger partial charge < -0.3 is 14.6 Å². The molecule has 3 aromatic rings. The third kappa shape index (κ3) is 4.31. The first-order valence-electron chi connectivity index (χ1n) is 8.73. The number of carbonyl (C=O) groups excluding carboxylic acids is 1. The third-order valence-electron chi connectivity index (χ3n) is 4.33. The number of hydrogen-bond donors (Lipinski definition) is 1. The Bertz CT molecular complexity index is 971. The quantitative estimate of drug-likeness (QED) is 0.622. The summed E-state index contributed by atoms with van der Waals surface area (Å²) in [6.45, 7) is 8.82. The van der Waals surface area contributed by atoms with Gasteiger partial charge in [-0.2, -0.15) is 0 Å². The molecular formula is C21H22ClN3O2.